The van der Waals surface area contributed by atoms with Gasteiger partial charge in [-0.05, 0) is 30.3 Å². The van der Waals surface area contributed by atoms with Gasteiger partial charge >= 0.3 is 0 Å². The molecule has 1 saturated heterocycles. The third kappa shape index (κ3) is 3.59. The van der Waals surface area contributed by atoms with Crippen LogP contribution in [-0.2, 0) is 15.1 Å². The van der Waals surface area contributed by atoms with E-state index >= 15 is 4.39 Å². The van der Waals surface area contributed by atoms with Crippen molar-refractivity contribution >= 4 is 34.4 Å². The molecule has 4 rings (SSSR count). The van der Waals surface area contributed by atoms with Crippen LogP contribution in [0.15, 0.2) is 53.5 Å². The topological polar surface area (TPSA) is 79.8 Å². The van der Waals surface area contributed by atoms with Crippen LogP contribution in [0.4, 0.5) is 14.5 Å². The Kier molecular flexibility index (Phi) is 5.33. The van der Waals surface area contributed by atoms with E-state index in [0.29, 0.717) is 11.3 Å². The van der Waals surface area contributed by atoms with Gasteiger partial charge in [0.1, 0.15) is 5.82 Å². The highest BCUT2D eigenvalue weighted by Gasteiger charge is 2.62. The molecule has 2 aromatic carbocycles. The van der Waals surface area contributed by atoms with Gasteiger partial charge in [0, 0.05) is 29.5 Å². The van der Waals surface area contributed by atoms with Crippen molar-refractivity contribution < 1.29 is 23.1 Å². The number of carbonyl (C=O) groups is 2. The fraction of sp³-hybridized carbons (Fsp3) is 0.286. The van der Waals surface area contributed by atoms with Crippen LogP contribution in [0.5, 0.6) is 0 Å². The summed E-state index contributed by atoms with van der Waals surface area (Å²) in [5, 5.41) is 5.45. The number of fused-ring (bicyclic) bond motifs is 1. The Bertz CT molecular complexity index is 1030. The first-order valence-corrected chi connectivity index (χ1v) is 10.2. The third-order valence-electron chi connectivity index (χ3n) is 5.10. The molecular weight excluding hydrogens is 412 g/mol. The number of nitrogens with zero attached hydrogens (tertiary/aromatic N) is 1. The summed E-state index contributed by atoms with van der Waals surface area (Å²) >= 11 is 1.05. The molecule has 1 fully saturated rings. The number of benzene rings is 2. The quantitative estimate of drug-likeness (QED) is 0.782. The average molecular weight is 431 g/mol. The molecule has 0 bridgehead atoms. The van der Waals surface area contributed by atoms with E-state index in [9.17, 15) is 14.0 Å². The van der Waals surface area contributed by atoms with Gasteiger partial charge in [0.2, 0.25) is 5.91 Å². The minimum absolute atomic E-state index is 0.0273. The summed E-state index contributed by atoms with van der Waals surface area (Å²) in [4.78, 5) is 28.4. The van der Waals surface area contributed by atoms with Gasteiger partial charge in [0.15, 0.2) is 16.4 Å². The number of ether oxygens (including phenoxy) is 1. The van der Waals surface area contributed by atoms with Crippen LogP contribution in [0.3, 0.4) is 0 Å². The number of hydrogen-bond acceptors (Lipinski definition) is 5. The number of amidine groups is 1. The Hall–Kier alpha value is -2.78. The van der Waals surface area contributed by atoms with E-state index in [1.165, 1.54) is 19.1 Å². The maximum atomic E-state index is 15.9. The predicted molar refractivity (Wildman–Crippen MR) is 111 cm³/mol. The van der Waals surface area contributed by atoms with Crippen LogP contribution in [0.1, 0.15) is 22.8 Å². The van der Waals surface area contributed by atoms with Crippen LogP contribution >= 0.6 is 11.8 Å². The second kappa shape index (κ2) is 7.81. The minimum Gasteiger partial charge on any atom is -0.375 e. The van der Waals surface area contributed by atoms with Crippen molar-refractivity contribution in [1.82, 2.24) is 5.32 Å². The van der Waals surface area contributed by atoms with Gasteiger partial charge in [-0.1, -0.05) is 30.0 Å². The number of anilines is 1. The molecule has 2 aliphatic heterocycles. The summed E-state index contributed by atoms with van der Waals surface area (Å²) in [6, 6.07) is 12.5. The van der Waals surface area contributed by atoms with E-state index in [1.807, 2.05) is 0 Å². The third-order valence-corrected chi connectivity index (χ3v) is 6.17. The minimum atomic E-state index is -1.96. The number of alkyl halides is 1. The lowest BCUT2D eigenvalue weighted by atomic mass is 9.79. The molecule has 0 aliphatic carbocycles. The van der Waals surface area contributed by atoms with Crippen LogP contribution in [0.2, 0.25) is 0 Å². The molecule has 2 aliphatic rings. The van der Waals surface area contributed by atoms with E-state index in [4.69, 9.17) is 4.74 Å². The molecule has 30 heavy (non-hydrogen) atoms. The van der Waals surface area contributed by atoms with Crippen LogP contribution in [0.25, 0.3) is 0 Å². The highest BCUT2D eigenvalue weighted by molar-refractivity contribution is 8.14. The molecule has 0 unspecified atom stereocenters. The molecule has 0 aromatic heterocycles. The highest BCUT2D eigenvalue weighted by Crippen LogP contribution is 2.50. The maximum Gasteiger partial charge on any atom is 0.257 e. The normalized spacial score (nSPS) is 25.2. The Morgan fingerprint density at radius 1 is 1.13 bits per heavy atom. The second-order valence-corrected chi connectivity index (χ2v) is 8.18. The number of carbonyl (C=O) groups excluding carboxylic acids is 2. The molecule has 0 radical (unpaired) electrons. The van der Waals surface area contributed by atoms with E-state index in [1.54, 1.807) is 30.3 Å². The van der Waals surface area contributed by atoms with Crippen molar-refractivity contribution in [3.8, 4) is 0 Å². The van der Waals surface area contributed by atoms with Crippen LogP contribution < -0.4 is 10.6 Å². The summed E-state index contributed by atoms with van der Waals surface area (Å²) in [5.41, 5.74) is -2.91. The first-order valence-electron chi connectivity index (χ1n) is 9.26. The van der Waals surface area contributed by atoms with Crippen molar-refractivity contribution in [2.45, 2.75) is 18.1 Å². The largest absolute Gasteiger partial charge is 0.375 e. The van der Waals surface area contributed by atoms with E-state index in [0.717, 1.165) is 17.8 Å². The zero-order valence-corrected chi connectivity index (χ0v) is 16.9. The summed E-state index contributed by atoms with van der Waals surface area (Å²) < 4.78 is 36.1. The average Bonchev–Trinajstić information content (AvgIpc) is 3.07. The second-order valence-electron chi connectivity index (χ2n) is 7.22. The van der Waals surface area contributed by atoms with E-state index < -0.39 is 22.9 Å². The zero-order chi connectivity index (χ0) is 21.4. The van der Waals surface area contributed by atoms with Crippen molar-refractivity contribution in [2.75, 3.05) is 24.3 Å². The lowest BCUT2D eigenvalue weighted by Gasteiger charge is -2.39. The molecule has 9 heteroatoms. The SMILES string of the molecule is CC(=O)Nc1ccc(F)c([C@]23COC[C@@]2(F)CSC(NC(=O)c2ccccc2)=N3)c1. The standard InChI is InChI=1S/C21H19F2N3O3S/c1-13(27)24-15-7-8-17(22)16(9-15)21-11-29-10-20(21,23)12-30-19(26-21)25-18(28)14-5-3-2-4-6-14/h2-9H,10-12H2,1H3,(H,24,27)(H,25,26,28)/t20-,21-/m1/s1. The smallest absolute Gasteiger partial charge is 0.257 e. The summed E-state index contributed by atoms with van der Waals surface area (Å²) in [7, 11) is 0. The predicted octanol–water partition coefficient (Wildman–Crippen LogP) is 3.25. The molecule has 156 valence electrons. The Morgan fingerprint density at radius 3 is 2.63 bits per heavy atom. The zero-order valence-electron chi connectivity index (χ0n) is 16.1. The summed E-state index contributed by atoms with van der Waals surface area (Å²) in [5.74, 6) is -1.46. The number of aliphatic imine (C=N–C) groups is 1. The van der Waals surface area contributed by atoms with Gasteiger partial charge in [-0.2, -0.15) is 0 Å². The van der Waals surface area contributed by atoms with Gasteiger partial charge < -0.3 is 15.4 Å². The number of amides is 2. The van der Waals surface area contributed by atoms with Gasteiger partial charge in [-0.15, -0.1) is 0 Å². The molecule has 2 amide bonds. The van der Waals surface area contributed by atoms with Crippen LogP contribution in [-0.4, -0.2) is 41.6 Å². The van der Waals surface area contributed by atoms with Gasteiger partial charge in [-0.25, -0.2) is 13.8 Å². The Balaban J connectivity index is 1.74. The number of hydrogen-bond donors (Lipinski definition) is 2. The monoisotopic (exact) mass is 431 g/mol. The number of nitrogens with one attached hydrogen (secondary N) is 2. The summed E-state index contributed by atoms with van der Waals surface area (Å²) in [6.07, 6.45) is 0. The van der Waals surface area contributed by atoms with E-state index in [2.05, 4.69) is 15.6 Å². The lowest BCUT2D eigenvalue weighted by Crippen LogP contribution is -2.53. The van der Waals surface area contributed by atoms with Gasteiger partial charge in [0.25, 0.3) is 5.91 Å². The first kappa shape index (κ1) is 20.5. The van der Waals surface area contributed by atoms with Crippen molar-refractivity contribution in [2.24, 2.45) is 4.99 Å². The molecule has 2 N–H and O–H groups in total. The summed E-state index contributed by atoms with van der Waals surface area (Å²) in [6.45, 7) is 0.897. The number of halogens is 2. The fourth-order valence-electron chi connectivity index (χ4n) is 3.62. The molecule has 2 aromatic rings. The highest BCUT2D eigenvalue weighted by atomic mass is 32.2. The maximum absolute atomic E-state index is 15.9. The Labute approximate surface area is 176 Å². The fourth-order valence-corrected chi connectivity index (χ4v) is 4.69. The lowest BCUT2D eigenvalue weighted by molar-refractivity contribution is -0.114. The molecule has 2 heterocycles. The van der Waals surface area contributed by atoms with Crippen molar-refractivity contribution in [3.63, 3.8) is 0 Å². The Morgan fingerprint density at radius 2 is 1.90 bits per heavy atom. The number of rotatable bonds is 3. The first-order chi connectivity index (χ1) is 14.3. The van der Waals surface area contributed by atoms with Gasteiger partial charge in [0.05, 0.1) is 13.2 Å². The molecule has 0 saturated carbocycles. The molecule has 0 spiro atoms. The molecule has 2 atom stereocenters. The molecule has 6 nitrogen and oxygen atoms in total. The number of thioether (sulfide) groups is 1. The van der Waals surface area contributed by atoms with E-state index in [-0.39, 0.29) is 35.6 Å². The van der Waals surface area contributed by atoms with Crippen molar-refractivity contribution in [3.05, 3.63) is 65.5 Å². The van der Waals surface area contributed by atoms with Crippen LogP contribution in [0, 0.1) is 5.82 Å². The van der Waals surface area contributed by atoms with Crippen molar-refractivity contribution in [1.29, 1.82) is 0 Å². The van der Waals surface area contributed by atoms with Gasteiger partial charge in [-0.3, -0.25) is 9.59 Å². The molecular formula is C21H19F2N3O3S.